The van der Waals surface area contributed by atoms with E-state index < -0.39 is 0 Å². The van der Waals surface area contributed by atoms with Crippen molar-refractivity contribution in [3.05, 3.63) is 29.8 Å². The molecule has 0 radical (unpaired) electrons. The van der Waals surface area contributed by atoms with Crippen LogP contribution < -0.4 is 0 Å². The Hall–Kier alpha value is -0.430. The number of hydrogen-bond acceptors (Lipinski definition) is 1. The highest BCUT2D eigenvalue weighted by atomic mass is 32.2. The van der Waals surface area contributed by atoms with Crippen LogP contribution in [0, 0.1) is 0 Å². The van der Waals surface area contributed by atoms with Gasteiger partial charge < -0.3 is 0 Å². The first-order chi connectivity index (χ1) is 5.36. The molecule has 0 aliphatic heterocycles. The number of rotatable bonds is 3. The average Bonchev–Trinajstić information content (AvgIpc) is 2.07. The molecular weight excluding hydrogens is 152 g/mol. The topological polar surface area (TPSA) is 0 Å². The van der Waals surface area contributed by atoms with E-state index in [4.69, 9.17) is 0 Å². The van der Waals surface area contributed by atoms with Gasteiger partial charge >= 0.3 is 0 Å². The molecule has 0 spiro atoms. The van der Waals surface area contributed by atoms with E-state index in [0.717, 1.165) is 0 Å². The first-order valence-electron chi connectivity index (χ1n) is 3.99. The van der Waals surface area contributed by atoms with E-state index in [1.807, 2.05) is 0 Å². The zero-order valence-corrected chi connectivity index (χ0v) is 7.95. The lowest BCUT2D eigenvalue weighted by Gasteiger charge is -1.99. The fourth-order valence-electron chi connectivity index (χ4n) is 1.08. The van der Waals surface area contributed by atoms with E-state index in [0.29, 0.717) is 0 Å². The second-order valence-corrected chi connectivity index (χ2v) is 3.48. The summed E-state index contributed by atoms with van der Waals surface area (Å²) in [6.45, 7) is 2.21. The second-order valence-electron chi connectivity index (χ2n) is 2.60. The molecule has 0 saturated carbocycles. The molecule has 1 aromatic carbocycles. The van der Waals surface area contributed by atoms with Crippen molar-refractivity contribution in [3.8, 4) is 0 Å². The SMILES string of the molecule is CCCc1ccc(SC)cc1. The van der Waals surface area contributed by atoms with Crippen molar-refractivity contribution in [1.29, 1.82) is 0 Å². The third-order valence-electron chi connectivity index (χ3n) is 1.70. The zero-order chi connectivity index (χ0) is 8.10. The van der Waals surface area contributed by atoms with Crippen molar-refractivity contribution >= 4 is 11.8 Å². The summed E-state index contributed by atoms with van der Waals surface area (Å²) < 4.78 is 0. The third-order valence-corrected chi connectivity index (χ3v) is 2.44. The summed E-state index contributed by atoms with van der Waals surface area (Å²) in [6.07, 6.45) is 4.54. The molecule has 0 aromatic heterocycles. The Morgan fingerprint density at radius 3 is 2.27 bits per heavy atom. The molecule has 0 saturated heterocycles. The Bertz CT molecular complexity index is 201. The van der Waals surface area contributed by atoms with E-state index in [9.17, 15) is 0 Å². The lowest BCUT2D eigenvalue weighted by molar-refractivity contribution is 0.920. The molecule has 0 fully saturated rings. The molecule has 0 aliphatic rings. The molecule has 60 valence electrons. The highest BCUT2D eigenvalue weighted by Gasteiger charge is 1.90. The number of hydrogen-bond donors (Lipinski definition) is 0. The van der Waals surface area contributed by atoms with Crippen molar-refractivity contribution in [2.75, 3.05) is 6.26 Å². The Kier molecular flexibility index (Phi) is 3.50. The molecule has 11 heavy (non-hydrogen) atoms. The van der Waals surface area contributed by atoms with Gasteiger partial charge in [-0.15, -0.1) is 11.8 Å². The van der Waals surface area contributed by atoms with Gasteiger partial charge in [0, 0.05) is 4.90 Å². The van der Waals surface area contributed by atoms with Crippen LogP contribution in [-0.4, -0.2) is 6.26 Å². The largest absolute Gasteiger partial charge is 0.130 e. The van der Waals surface area contributed by atoms with Crippen molar-refractivity contribution < 1.29 is 0 Å². The smallest absolute Gasteiger partial charge is 0.00693 e. The zero-order valence-electron chi connectivity index (χ0n) is 7.13. The van der Waals surface area contributed by atoms with Crippen LogP contribution in [0.2, 0.25) is 0 Å². The maximum atomic E-state index is 2.22. The average molecular weight is 166 g/mol. The fraction of sp³-hybridized carbons (Fsp3) is 0.400. The van der Waals surface area contributed by atoms with Gasteiger partial charge in [0.2, 0.25) is 0 Å². The van der Waals surface area contributed by atoms with E-state index in [-0.39, 0.29) is 0 Å². The summed E-state index contributed by atoms with van der Waals surface area (Å²) in [7, 11) is 0. The van der Waals surface area contributed by atoms with Crippen LogP contribution >= 0.6 is 11.8 Å². The predicted octanol–water partition coefficient (Wildman–Crippen LogP) is 3.36. The minimum atomic E-state index is 1.20. The molecule has 0 N–H and O–H groups in total. The highest BCUT2D eigenvalue weighted by Crippen LogP contribution is 2.15. The minimum Gasteiger partial charge on any atom is -0.130 e. The number of benzene rings is 1. The van der Waals surface area contributed by atoms with Gasteiger partial charge in [0.15, 0.2) is 0 Å². The summed E-state index contributed by atoms with van der Waals surface area (Å²) in [6, 6.07) is 8.82. The highest BCUT2D eigenvalue weighted by molar-refractivity contribution is 7.98. The Balaban J connectivity index is 2.66. The van der Waals surface area contributed by atoms with Gasteiger partial charge in [-0.1, -0.05) is 25.5 Å². The first-order valence-corrected chi connectivity index (χ1v) is 5.22. The minimum absolute atomic E-state index is 1.20. The molecule has 0 nitrogen and oxygen atoms in total. The van der Waals surface area contributed by atoms with Gasteiger partial charge in [-0.2, -0.15) is 0 Å². The molecule has 0 bridgehead atoms. The molecule has 0 unspecified atom stereocenters. The van der Waals surface area contributed by atoms with Crippen molar-refractivity contribution in [2.45, 2.75) is 24.7 Å². The maximum Gasteiger partial charge on any atom is 0.00693 e. The lowest BCUT2D eigenvalue weighted by Crippen LogP contribution is -1.81. The van der Waals surface area contributed by atoms with Gasteiger partial charge in [-0.3, -0.25) is 0 Å². The summed E-state index contributed by atoms with van der Waals surface area (Å²) in [5.41, 5.74) is 1.45. The monoisotopic (exact) mass is 166 g/mol. The molecule has 0 heterocycles. The number of aryl methyl sites for hydroxylation is 1. The van der Waals surface area contributed by atoms with Crippen LogP contribution in [0.4, 0.5) is 0 Å². The second kappa shape index (κ2) is 4.45. The molecule has 1 aromatic rings. The van der Waals surface area contributed by atoms with Crippen LogP contribution in [-0.2, 0) is 6.42 Å². The van der Waals surface area contributed by atoms with Crippen LogP contribution in [0.3, 0.4) is 0 Å². The third kappa shape index (κ3) is 2.58. The molecule has 0 aliphatic carbocycles. The summed E-state index contributed by atoms with van der Waals surface area (Å²) in [5, 5.41) is 0. The normalized spacial score (nSPS) is 10.0. The number of thioether (sulfide) groups is 1. The standard InChI is InChI=1S/C10H14S/c1-3-4-9-5-7-10(11-2)8-6-9/h5-8H,3-4H2,1-2H3. The summed E-state index contributed by atoms with van der Waals surface area (Å²) >= 11 is 1.80. The Labute approximate surface area is 73.0 Å². The van der Waals surface area contributed by atoms with Crippen molar-refractivity contribution in [1.82, 2.24) is 0 Å². The fourth-order valence-corrected chi connectivity index (χ4v) is 1.49. The summed E-state index contributed by atoms with van der Waals surface area (Å²) in [4.78, 5) is 1.35. The molecule has 0 atom stereocenters. The van der Waals surface area contributed by atoms with Gasteiger partial charge in [0.1, 0.15) is 0 Å². The molecule has 0 amide bonds. The van der Waals surface area contributed by atoms with Crippen LogP contribution in [0.1, 0.15) is 18.9 Å². The van der Waals surface area contributed by atoms with Crippen LogP contribution in [0.25, 0.3) is 0 Å². The first kappa shape index (κ1) is 8.66. The van der Waals surface area contributed by atoms with Gasteiger partial charge in [0.25, 0.3) is 0 Å². The molecular formula is C10H14S. The van der Waals surface area contributed by atoms with Gasteiger partial charge in [0.05, 0.1) is 0 Å². The Morgan fingerprint density at radius 2 is 1.82 bits per heavy atom. The van der Waals surface area contributed by atoms with Crippen molar-refractivity contribution in [2.24, 2.45) is 0 Å². The Morgan fingerprint density at radius 1 is 1.18 bits per heavy atom. The lowest BCUT2D eigenvalue weighted by atomic mass is 10.1. The van der Waals surface area contributed by atoms with Gasteiger partial charge in [-0.05, 0) is 30.4 Å². The maximum absolute atomic E-state index is 2.22. The molecule has 1 heteroatoms. The van der Waals surface area contributed by atoms with Crippen molar-refractivity contribution in [3.63, 3.8) is 0 Å². The predicted molar refractivity (Wildman–Crippen MR) is 52.2 cm³/mol. The molecule has 1 rings (SSSR count). The van der Waals surface area contributed by atoms with E-state index in [1.165, 1.54) is 23.3 Å². The van der Waals surface area contributed by atoms with E-state index in [1.54, 1.807) is 11.8 Å². The van der Waals surface area contributed by atoms with Crippen LogP contribution in [0.15, 0.2) is 29.2 Å². The van der Waals surface area contributed by atoms with Gasteiger partial charge in [-0.25, -0.2) is 0 Å². The quantitative estimate of drug-likeness (QED) is 0.620. The van der Waals surface area contributed by atoms with E-state index >= 15 is 0 Å². The summed E-state index contributed by atoms with van der Waals surface area (Å²) in [5.74, 6) is 0. The van der Waals surface area contributed by atoms with E-state index in [2.05, 4.69) is 37.4 Å². The van der Waals surface area contributed by atoms with Crippen LogP contribution in [0.5, 0.6) is 0 Å².